The summed E-state index contributed by atoms with van der Waals surface area (Å²) in [6, 6.07) is 0. The van der Waals surface area contributed by atoms with Crippen LogP contribution in [0.5, 0.6) is 0 Å². The van der Waals surface area contributed by atoms with Gasteiger partial charge in [-0.25, -0.2) is 0 Å². The van der Waals surface area contributed by atoms with Crippen molar-refractivity contribution in [3.05, 3.63) is 0 Å². The van der Waals surface area contributed by atoms with Crippen LogP contribution in [0.25, 0.3) is 0 Å². The third-order valence-electron chi connectivity index (χ3n) is 4.04. The van der Waals surface area contributed by atoms with Gasteiger partial charge in [0, 0.05) is 13.1 Å². The summed E-state index contributed by atoms with van der Waals surface area (Å²) in [5.74, 6) is 1.08. The third kappa shape index (κ3) is 5.91. The standard InChI is InChI=1S/C15H31N3O/c1-4-9-16-12-14-7-10-17(11-8-14)13-15(19)18(5-2)6-3/h14,16H,4-13H2,1-3H3. The van der Waals surface area contributed by atoms with Crippen molar-refractivity contribution in [2.24, 2.45) is 5.92 Å². The summed E-state index contributed by atoms with van der Waals surface area (Å²) in [6.07, 6.45) is 3.65. The molecular formula is C15H31N3O. The summed E-state index contributed by atoms with van der Waals surface area (Å²) in [4.78, 5) is 16.3. The largest absolute Gasteiger partial charge is 0.342 e. The van der Waals surface area contributed by atoms with Gasteiger partial charge in [0.1, 0.15) is 0 Å². The van der Waals surface area contributed by atoms with Gasteiger partial charge in [-0.05, 0) is 65.2 Å². The van der Waals surface area contributed by atoms with Crippen LogP contribution in [0.4, 0.5) is 0 Å². The van der Waals surface area contributed by atoms with E-state index in [1.165, 1.54) is 19.3 Å². The highest BCUT2D eigenvalue weighted by molar-refractivity contribution is 5.78. The van der Waals surface area contributed by atoms with Crippen LogP contribution in [0.15, 0.2) is 0 Å². The molecule has 0 saturated carbocycles. The Labute approximate surface area is 118 Å². The zero-order valence-corrected chi connectivity index (χ0v) is 13.0. The molecule has 1 N–H and O–H groups in total. The van der Waals surface area contributed by atoms with E-state index in [0.29, 0.717) is 6.54 Å². The molecule has 0 radical (unpaired) electrons. The Morgan fingerprint density at radius 2 is 1.84 bits per heavy atom. The molecule has 1 aliphatic rings. The predicted molar refractivity (Wildman–Crippen MR) is 80.3 cm³/mol. The average Bonchev–Trinajstić information content (AvgIpc) is 2.42. The molecule has 0 unspecified atom stereocenters. The summed E-state index contributed by atoms with van der Waals surface area (Å²) < 4.78 is 0. The van der Waals surface area contributed by atoms with Crippen LogP contribution in [-0.2, 0) is 4.79 Å². The summed E-state index contributed by atoms with van der Waals surface area (Å²) >= 11 is 0. The van der Waals surface area contributed by atoms with Crippen LogP contribution in [-0.4, -0.2) is 61.5 Å². The van der Waals surface area contributed by atoms with Gasteiger partial charge in [0.15, 0.2) is 0 Å². The minimum Gasteiger partial charge on any atom is -0.342 e. The molecule has 1 saturated heterocycles. The number of nitrogens with one attached hydrogen (secondary N) is 1. The maximum absolute atomic E-state index is 12.0. The number of hydrogen-bond acceptors (Lipinski definition) is 3. The van der Waals surface area contributed by atoms with Crippen molar-refractivity contribution in [2.45, 2.75) is 40.0 Å². The Morgan fingerprint density at radius 3 is 2.37 bits per heavy atom. The van der Waals surface area contributed by atoms with Crippen molar-refractivity contribution in [3.8, 4) is 0 Å². The number of amides is 1. The van der Waals surface area contributed by atoms with Gasteiger partial charge in [-0.2, -0.15) is 0 Å². The van der Waals surface area contributed by atoms with Gasteiger partial charge in [-0.3, -0.25) is 9.69 Å². The smallest absolute Gasteiger partial charge is 0.236 e. The summed E-state index contributed by atoms with van der Waals surface area (Å²) in [5, 5.41) is 3.50. The van der Waals surface area contributed by atoms with Crippen molar-refractivity contribution in [1.82, 2.24) is 15.1 Å². The average molecular weight is 269 g/mol. The fourth-order valence-corrected chi connectivity index (χ4v) is 2.70. The van der Waals surface area contributed by atoms with Gasteiger partial charge in [0.05, 0.1) is 6.54 Å². The fourth-order valence-electron chi connectivity index (χ4n) is 2.70. The van der Waals surface area contributed by atoms with Gasteiger partial charge in [0.2, 0.25) is 5.91 Å². The van der Waals surface area contributed by atoms with Crippen molar-refractivity contribution in [3.63, 3.8) is 0 Å². The van der Waals surface area contributed by atoms with Gasteiger partial charge < -0.3 is 10.2 Å². The van der Waals surface area contributed by atoms with Gasteiger partial charge in [0.25, 0.3) is 0 Å². The molecule has 1 aliphatic heterocycles. The fraction of sp³-hybridized carbons (Fsp3) is 0.933. The van der Waals surface area contributed by atoms with Gasteiger partial charge >= 0.3 is 0 Å². The summed E-state index contributed by atoms with van der Waals surface area (Å²) in [7, 11) is 0. The Hall–Kier alpha value is -0.610. The number of hydrogen-bond donors (Lipinski definition) is 1. The van der Waals surface area contributed by atoms with Crippen LogP contribution >= 0.6 is 0 Å². The SMILES string of the molecule is CCCNCC1CCN(CC(=O)N(CC)CC)CC1. The van der Waals surface area contributed by atoms with Crippen LogP contribution in [0, 0.1) is 5.92 Å². The molecule has 4 nitrogen and oxygen atoms in total. The molecule has 4 heteroatoms. The Balaban J connectivity index is 2.20. The van der Waals surface area contributed by atoms with Crippen LogP contribution in [0.2, 0.25) is 0 Å². The van der Waals surface area contributed by atoms with E-state index < -0.39 is 0 Å². The number of piperidine rings is 1. The van der Waals surface area contributed by atoms with E-state index in [1.807, 2.05) is 18.7 Å². The monoisotopic (exact) mass is 269 g/mol. The Morgan fingerprint density at radius 1 is 1.21 bits per heavy atom. The second kappa shape index (κ2) is 9.32. The lowest BCUT2D eigenvalue weighted by Gasteiger charge is -2.33. The second-order valence-electron chi connectivity index (χ2n) is 5.49. The quantitative estimate of drug-likeness (QED) is 0.679. The molecule has 0 bridgehead atoms. The first kappa shape index (κ1) is 16.4. The number of nitrogens with zero attached hydrogens (tertiary/aromatic N) is 2. The first-order valence-corrected chi connectivity index (χ1v) is 7.92. The molecule has 1 amide bonds. The minimum atomic E-state index is 0.285. The summed E-state index contributed by atoms with van der Waals surface area (Å²) in [6.45, 7) is 13.0. The maximum Gasteiger partial charge on any atom is 0.236 e. The molecule has 0 aromatic carbocycles. The predicted octanol–water partition coefficient (Wildman–Crippen LogP) is 1.57. The Bertz CT molecular complexity index is 246. The third-order valence-corrected chi connectivity index (χ3v) is 4.04. The first-order chi connectivity index (χ1) is 9.21. The molecule has 1 heterocycles. The van der Waals surface area contributed by atoms with E-state index in [4.69, 9.17) is 0 Å². The lowest BCUT2D eigenvalue weighted by molar-refractivity contribution is -0.132. The minimum absolute atomic E-state index is 0.285. The zero-order chi connectivity index (χ0) is 14.1. The van der Waals surface area contributed by atoms with E-state index >= 15 is 0 Å². The van der Waals surface area contributed by atoms with Gasteiger partial charge in [-0.1, -0.05) is 6.92 Å². The Kier molecular flexibility index (Phi) is 8.07. The molecule has 1 fully saturated rings. The number of rotatable bonds is 8. The molecule has 19 heavy (non-hydrogen) atoms. The number of likely N-dealkylation sites (N-methyl/N-ethyl adjacent to an activating group) is 1. The number of likely N-dealkylation sites (tertiary alicyclic amines) is 1. The second-order valence-corrected chi connectivity index (χ2v) is 5.49. The topological polar surface area (TPSA) is 35.6 Å². The lowest BCUT2D eigenvalue weighted by atomic mass is 9.97. The molecule has 112 valence electrons. The first-order valence-electron chi connectivity index (χ1n) is 7.92. The molecule has 0 atom stereocenters. The molecule has 1 rings (SSSR count). The lowest BCUT2D eigenvalue weighted by Crippen LogP contribution is -2.44. The molecular weight excluding hydrogens is 238 g/mol. The summed E-state index contributed by atoms with van der Waals surface area (Å²) in [5.41, 5.74) is 0. The molecule has 0 aromatic rings. The number of carbonyl (C=O) groups excluding carboxylic acids is 1. The van der Waals surface area contributed by atoms with E-state index in [0.717, 1.165) is 45.2 Å². The van der Waals surface area contributed by atoms with Crippen LogP contribution < -0.4 is 5.32 Å². The van der Waals surface area contributed by atoms with Crippen molar-refractivity contribution in [1.29, 1.82) is 0 Å². The normalized spacial score (nSPS) is 17.6. The van der Waals surface area contributed by atoms with Crippen molar-refractivity contribution in [2.75, 3.05) is 45.8 Å². The van der Waals surface area contributed by atoms with Crippen molar-refractivity contribution < 1.29 is 4.79 Å². The van der Waals surface area contributed by atoms with E-state index in [1.54, 1.807) is 0 Å². The van der Waals surface area contributed by atoms with Crippen LogP contribution in [0.1, 0.15) is 40.0 Å². The highest BCUT2D eigenvalue weighted by Gasteiger charge is 2.21. The van der Waals surface area contributed by atoms with E-state index in [-0.39, 0.29) is 5.91 Å². The zero-order valence-electron chi connectivity index (χ0n) is 13.0. The van der Waals surface area contributed by atoms with E-state index in [2.05, 4.69) is 17.1 Å². The molecule has 0 spiro atoms. The highest BCUT2D eigenvalue weighted by atomic mass is 16.2. The van der Waals surface area contributed by atoms with Crippen LogP contribution in [0.3, 0.4) is 0 Å². The highest BCUT2D eigenvalue weighted by Crippen LogP contribution is 2.16. The molecule has 0 aromatic heterocycles. The van der Waals surface area contributed by atoms with E-state index in [9.17, 15) is 4.79 Å². The molecule has 0 aliphatic carbocycles. The maximum atomic E-state index is 12.0. The van der Waals surface area contributed by atoms with Crippen molar-refractivity contribution >= 4 is 5.91 Å². The number of carbonyl (C=O) groups is 1. The van der Waals surface area contributed by atoms with Gasteiger partial charge in [-0.15, -0.1) is 0 Å².